The third kappa shape index (κ3) is 1.72. The van der Waals surface area contributed by atoms with E-state index in [0.29, 0.717) is 5.65 Å². The van der Waals surface area contributed by atoms with Crippen LogP contribution in [0.2, 0.25) is 0 Å². The van der Waals surface area contributed by atoms with Crippen LogP contribution in [0.15, 0.2) is 18.6 Å². The molecule has 2 aromatic heterocycles. The van der Waals surface area contributed by atoms with Crippen molar-refractivity contribution in [2.75, 3.05) is 6.61 Å². The normalized spacial score (nSPS) is 30.1. The second-order valence-electron chi connectivity index (χ2n) is 4.62. The van der Waals surface area contributed by atoms with Crippen LogP contribution in [0.1, 0.15) is 16.6 Å². The zero-order chi connectivity index (χ0) is 14.4. The van der Waals surface area contributed by atoms with Crippen molar-refractivity contribution in [3.63, 3.8) is 0 Å². The van der Waals surface area contributed by atoms with E-state index >= 15 is 0 Å². The minimum absolute atomic E-state index is 0.174. The molecule has 1 aliphatic heterocycles. The van der Waals surface area contributed by atoms with Gasteiger partial charge in [0.05, 0.1) is 12.8 Å². The first-order valence-corrected chi connectivity index (χ1v) is 6.01. The number of rotatable bonds is 3. The van der Waals surface area contributed by atoms with Gasteiger partial charge in [-0.25, -0.2) is 4.52 Å². The van der Waals surface area contributed by atoms with Crippen LogP contribution >= 0.6 is 0 Å². The SMILES string of the molecule is NC(=O)c1cnn2ccn([C@@H]3O[C@@H](CO)[C@@H](O)[C@@H]3O)c12. The van der Waals surface area contributed by atoms with Crippen molar-refractivity contribution >= 4 is 11.6 Å². The summed E-state index contributed by atoms with van der Waals surface area (Å²) in [5.41, 5.74) is 5.80. The van der Waals surface area contributed by atoms with Gasteiger partial charge in [-0.2, -0.15) is 5.10 Å². The largest absolute Gasteiger partial charge is 0.394 e. The summed E-state index contributed by atoms with van der Waals surface area (Å²) >= 11 is 0. The quantitative estimate of drug-likeness (QED) is 0.506. The van der Waals surface area contributed by atoms with Crippen molar-refractivity contribution in [1.82, 2.24) is 14.2 Å². The van der Waals surface area contributed by atoms with Crippen molar-refractivity contribution < 1.29 is 24.9 Å². The number of hydrogen-bond donors (Lipinski definition) is 4. The van der Waals surface area contributed by atoms with Gasteiger partial charge in [-0.15, -0.1) is 0 Å². The number of imidazole rings is 1. The summed E-state index contributed by atoms with van der Waals surface area (Å²) in [5, 5.41) is 32.8. The fourth-order valence-electron chi connectivity index (χ4n) is 2.42. The minimum Gasteiger partial charge on any atom is -0.394 e. The topological polar surface area (TPSA) is 135 Å². The van der Waals surface area contributed by atoms with E-state index in [9.17, 15) is 15.0 Å². The molecule has 0 unspecified atom stereocenters. The highest BCUT2D eigenvalue weighted by molar-refractivity contribution is 5.98. The predicted molar refractivity (Wildman–Crippen MR) is 64.7 cm³/mol. The van der Waals surface area contributed by atoms with Crippen molar-refractivity contribution in [2.45, 2.75) is 24.5 Å². The summed E-state index contributed by atoms with van der Waals surface area (Å²) in [6.07, 6.45) is 0.152. The van der Waals surface area contributed by atoms with E-state index in [4.69, 9.17) is 15.6 Å². The van der Waals surface area contributed by atoms with E-state index in [0.717, 1.165) is 0 Å². The van der Waals surface area contributed by atoms with Gasteiger partial charge in [0.15, 0.2) is 11.9 Å². The van der Waals surface area contributed by atoms with Gasteiger partial charge in [-0.3, -0.25) is 4.79 Å². The fraction of sp³-hybridized carbons (Fsp3) is 0.455. The Labute approximate surface area is 112 Å². The summed E-state index contributed by atoms with van der Waals surface area (Å²) in [6, 6.07) is 0. The maximum absolute atomic E-state index is 11.4. The number of nitrogens with two attached hydrogens (primary N) is 1. The second kappa shape index (κ2) is 4.56. The van der Waals surface area contributed by atoms with E-state index < -0.39 is 37.1 Å². The first-order valence-electron chi connectivity index (χ1n) is 6.01. The van der Waals surface area contributed by atoms with Gasteiger partial charge >= 0.3 is 0 Å². The van der Waals surface area contributed by atoms with E-state index in [1.807, 2.05) is 0 Å². The van der Waals surface area contributed by atoms with Crippen molar-refractivity contribution in [3.8, 4) is 0 Å². The highest BCUT2D eigenvalue weighted by atomic mass is 16.6. The fourth-order valence-corrected chi connectivity index (χ4v) is 2.42. The number of aromatic nitrogens is 3. The summed E-state index contributed by atoms with van der Waals surface area (Å²) in [5.74, 6) is -0.660. The number of amides is 1. The van der Waals surface area contributed by atoms with Gasteiger partial charge in [-0.1, -0.05) is 0 Å². The number of carbonyl (C=O) groups excluding carboxylic acids is 1. The molecule has 0 spiro atoms. The van der Waals surface area contributed by atoms with E-state index in [-0.39, 0.29) is 5.56 Å². The summed E-state index contributed by atoms with van der Waals surface area (Å²) in [6.45, 7) is -0.422. The molecule has 1 aliphatic rings. The molecule has 2 aromatic rings. The highest BCUT2D eigenvalue weighted by Crippen LogP contribution is 2.31. The van der Waals surface area contributed by atoms with Crippen LogP contribution in [-0.2, 0) is 4.74 Å². The van der Waals surface area contributed by atoms with Crippen LogP contribution in [0.3, 0.4) is 0 Å². The lowest BCUT2D eigenvalue weighted by molar-refractivity contribution is -0.0508. The average Bonchev–Trinajstić information content (AvgIpc) is 3.06. The van der Waals surface area contributed by atoms with Gasteiger partial charge in [0.1, 0.15) is 23.9 Å². The molecule has 0 aliphatic carbocycles. The lowest BCUT2D eigenvalue weighted by Crippen LogP contribution is -2.33. The maximum atomic E-state index is 11.4. The zero-order valence-corrected chi connectivity index (χ0v) is 10.3. The molecule has 0 radical (unpaired) electrons. The van der Waals surface area contributed by atoms with Crippen molar-refractivity contribution in [2.24, 2.45) is 5.73 Å². The van der Waals surface area contributed by atoms with Gasteiger partial charge in [-0.05, 0) is 0 Å². The van der Waals surface area contributed by atoms with E-state index in [1.54, 1.807) is 12.4 Å². The molecule has 9 nitrogen and oxygen atoms in total. The Morgan fingerprint density at radius 1 is 1.40 bits per heavy atom. The molecular formula is C11H14N4O5. The van der Waals surface area contributed by atoms with Gasteiger partial charge in [0.25, 0.3) is 5.91 Å². The van der Waals surface area contributed by atoms with Gasteiger partial charge < -0.3 is 30.4 Å². The van der Waals surface area contributed by atoms with Crippen molar-refractivity contribution in [3.05, 3.63) is 24.2 Å². The number of fused-ring (bicyclic) bond motifs is 1. The van der Waals surface area contributed by atoms with E-state index in [2.05, 4.69) is 5.10 Å². The summed E-state index contributed by atoms with van der Waals surface area (Å²) in [7, 11) is 0. The molecule has 3 rings (SSSR count). The summed E-state index contributed by atoms with van der Waals surface area (Å²) in [4.78, 5) is 11.4. The first-order chi connectivity index (χ1) is 9.54. The molecule has 1 saturated heterocycles. The number of carbonyl (C=O) groups is 1. The molecule has 0 saturated carbocycles. The average molecular weight is 282 g/mol. The predicted octanol–water partition coefficient (Wildman–Crippen LogP) is -2.15. The van der Waals surface area contributed by atoms with Crippen molar-refractivity contribution in [1.29, 1.82) is 0 Å². The molecule has 1 amide bonds. The molecule has 3 heterocycles. The molecule has 5 N–H and O–H groups in total. The molecular weight excluding hydrogens is 268 g/mol. The zero-order valence-electron chi connectivity index (χ0n) is 10.3. The molecule has 9 heteroatoms. The molecule has 108 valence electrons. The number of nitrogens with zero attached hydrogens (tertiary/aromatic N) is 3. The maximum Gasteiger partial charge on any atom is 0.254 e. The smallest absolute Gasteiger partial charge is 0.254 e. The van der Waals surface area contributed by atoms with Crippen LogP contribution in [0.25, 0.3) is 5.65 Å². The Hall–Kier alpha value is -1.94. The van der Waals surface area contributed by atoms with Crippen LogP contribution in [0, 0.1) is 0 Å². The number of primary amides is 1. The highest BCUT2D eigenvalue weighted by Gasteiger charge is 2.44. The number of aliphatic hydroxyl groups is 3. The summed E-state index contributed by atoms with van der Waals surface area (Å²) < 4.78 is 8.28. The minimum atomic E-state index is -1.24. The Balaban J connectivity index is 2.06. The molecule has 4 atom stereocenters. The monoisotopic (exact) mass is 282 g/mol. The van der Waals surface area contributed by atoms with Crippen LogP contribution in [0.5, 0.6) is 0 Å². The molecule has 0 bridgehead atoms. The second-order valence-corrected chi connectivity index (χ2v) is 4.62. The van der Waals surface area contributed by atoms with Gasteiger partial charge in [0, 0.05) is 12.4 Å². The lowest BCUT2D eigenvalue weighted by atomic mass is 10.1. The molecule has 0 aromatic carbocycles. The molecule has 1 fully saturated rings. The third-order valence-electron chi connectivity index (χ3n) is 3.44. The number of hydrogen-bond acceptors (Lipinski definition) is 6. The lowest BCUT2D eigenvalue weighted by Gasteiger charge is -2.17. The number of ether oxygens (including phenoxy) is 1. The van der Waals surface area contributed by atoms with E-state index in [1.165, 1.54) is 15.3 Å². The molecule has 20 heavy (non-hydrogen) atoms. The first kappa shape index (κ1) is 13.1. The Morgan fingerprint density at radius 3 is 2.75 bits per heavy atom. The Morgan fingerprint density at radius 2 is 2.15 bits per heavy atom. The van der Waals surface area contributed by atoms with Crippen LogP contribution < -0.4 is 5.73 Å². The number of aliphatic hydroxyl groups excluding tert-OH is 3. The Kier molecular flexibility index (Phi) is 2.98. The standard InChI is InChI=1S/C11H14N4O5/c12-9(19)5-3-13-15-2-1-14(10(5)15)11-8(18)7(17)6(4-16)20-11/h1-3,6-8,11,16-18H,4H2,(H2,12,19)/t6-,7+,8-,11+/m0/s1. The van der Waals surface area contributed by atoms with Crippen LogP contribution in [-0.4, -0.2) is 60.3 Å². The van der Waals surface area contributed by atoms with Crippen LogP contribution in [0.4, 0.5) is 0 Å². The van der Waals surface area contributed by atoms with Gasteiger partial charge in [0.2, 0.25) is 0 Å². The Bertz CT molecular complexity index is 650. The third-order valence-corrected chi connectivity index (χ3v) is 3.44.